The lowest BCUT2D eigenvalue weighted by Gasteiger charge is -2.09. The van der Waals surface area contributed by atoms with Gasteiger partial charge in [-0.2, -0.15) is 0 Å². The molecule has 0 radical (unpaired) electrons. The van der Waals surface area contributed by atoms with Crippen molar-refractivity contribution in [3.05, 3.63) is 30.1 Å². The molecule has 1 heterocycles. The molecule has 4 N–H and O–H groups in total. The van der Waals surface area contributed by atoms with Crippen LogP contribution in [0.4, 0.5) is 0 Å². The van der Waals surface area contributed by atoms with Gasteiger partial charge >= 0.3 is 0 Å². The zero-order valence-corrected chi connectivity index (χ0v) is 12.0. The number of nitrogens with one attached hydrogen (secondary N) is 2. The molecule has 1 rings (SSSR count). The molecule has 0 aromatic carbocycles. The SMILES string of the molecule is CCCCCN=C(N)NC(=S)NCc1cccnc1. The van der Waals surface area contributed by atoms with Gasteiger partial charge in [-0.1, -0.05) is 25.8 Å². The maximum absolute atomic E-state index is 5.72. The molecule has 0 saturated heterocycles. The Bertz CT molecular complexity index is 405. The lowest BCUT2D eigenvalue weighted by molar-refractivity contribution is 0.726. The van der Waals surface area contributed by atoms with Gasteiger partial charge in [-0.25, -0.2) is 0 Å². The second-order valence-electron chi connectivity index (χ2n) is 4.14. The largest absolute Gasteiger partial charge is 0.370 e. The first-order valence-electron chi connectivity index (χ1n) is 6.46. The van der Waals surface area contributed by atoms with Crippen molar-refractivity contribution >= 4 is 23.3 Å². The van der Waals surface area contributed by atoms with Crippen LogP contribution in [0.2, 0.25) is 0 Å². The Labute approximate surface area is 119 Å². The average Bonchev–Trinajstić information content (AvgIpc) is 2.42. The summed E-state index contributed by atoms with van der Waals surface area (Å²) < 4.78 is 0. The Morgan fingerprint density at radius 2 is 2.32 bits per heavy atom. The monoisotopic (exact) mass is 279 g/mol. The number of unbranched alkanes of at least 4 members (excludes halogenated alkanes) is 2. The first-order chi connectivity index (χ1) is 9.22. The number of nitrogens with two attached hydrogens (primary N) is 1. The molecule has 19 heavy (non-hydrogen) atoms. The normalized spacial score (nSPS) is 11.1. The molecule has 0 aliphatic rings. The molecule has 0 amide bonds. The number of pyridine rings is 1. The van der Waals surface area contributed by atoms with E-state index in [9.17, 15) is 0 Å². The molecule has 104 valence electrons. The fraction of sp³-hybridized carbons (Fsp3) is 0.462. The quantitative estimate of drug-likeness (QED) is 0.319. The van der Waals surface area contributed by atoms with Gasteiger partial charge < -0.3 is 16.4 Å². The zero-order valence-electron chi connectivity index (χ0n) is 11.2. The molecule has 0 unspecified atom stereocenters. The van der Waals surface area contributed by atoms with Crippen molar-refractivity contribution in [2.45, 2.75) is 32.7 Å². The highest BCUT2D eigenvalue weighted by Crippen LogP contribution is 1.94. The number of guanidine groups is 1. The van der Waals surface area contributed by atoms with Crippen LogP contribution in [0, 0.1) is 0 Å². The van der Waals surface area contributed by atoms with Crippen LogP contribution in [0.25, 0.3) is 0 Å². The average molecular weight is 279 g/mol. The summed E-state index contributed by atoms with van der Waals surface area (Å²) in [6.45, 7) is 3.50. The maximum Gasteiger partial charge on any atom is 0.194 e. The Hall–Kier alpha value is -1.69. The van der Waals surface area contributed by atoms with Gasteiger partial charge in [0.2, 0.25) is 0 Å². The first-order valence-corrected chi connectivity index (χ1v) is 6.87. The Balaban J connectivity index is 2.23. The summed E-state index contributed by atoms with van der Waals surface area (Å²) in [6.07, 6.45) is 6.92. The van der Waals surface area contributed by atoms with Gasteiger partial charge in [-0.05, 0) is 30.3 Å². The van der Waals surface area contributed by atoms with Crippen molar-refractivity contribution < 1.29 is 0 Å². The third-order valence-electron chi connectivity index (χ3n) is 2.46. The first kappa shape index (κ1) is 15.4. The molecule has 0 spiro atoms. The Morgan fingerprint density at radius 3 is 3.00 bits per heavy atom. The molecule has 0 fully saturated rings. The van der Waals surface area contributed by atoms with Crippen molar-refractivity contribution in [3.63, 3.8) is 0 Å². The number of hydrogen-bond acceptors (Lipinski definition) is 3. The van der Waals surface area contributed by atoms with E-state index in [1.807, 2.05) is 12.1 Å². The van der Waals surface area contributed by atoms with Crippen molar-refractivity contribution in [2.24, 2.45) is 10.7 Å². The van der Waals surface area contributed by atoms with Crippen molar-refractivity contribution in [1.82, 2.24) is 15.6 Å². The van der Waals surface area contributed by atoms with Gasteiger partial charge in [0.05, 0.1) is 0 Å². The summed E-state index contributed by atoms with van der Waals surface area (Å²) in [5.41, 5.74) is 6.79. The highest BCUT2D eigenvalue weighted by atomic mass is 32.1. The van der Waals surface area contributed by atoms with Gasteiger partial charge in [0.1, 0.15) is 0 Å². The van der Waals surface area contributed by atoms with E-state index in [0.29, 0.717) is 17.6 Å². The van der Waals surface area contributed by atoms with Crippen LogP contribution in [0.5, 0.6) is 0 Å². The van der Waals surface area contributed by atoms with Gasteiger partial charge in [-0.3, -0.25) is 9.98 Å². The minimum absolute atomic E-state index is 0.361. The second kappa shape index (κ2) is 9.27. The van der Waals surface area contributed by atoms with E-state index in [1.54, 1.807) is 12.4 Å². The molecule has 1 aromatic rings. The molecular formula is C13H21N5S. The van der Waals surface area contributed by atoms with Gasteiger partial charge in [0, 0.05) is 25.5 Å². The van der Waals surface area contributed by atoms with Gasteiger partial charge in [-0.15, -0.1) is 0 Å². The van der Waals surface area contributed by atoms with Gasteiger partial charge in [0.25, 0.3) is 0 Å². The second-order valence-corrected chi connectivity index (χ2v) is 4.55. The number of aliphatic imine (C=N–C) groups is 1. The summed E-state index contributed by atoms with van der Waals surface area (Å²) in [5, 5.41) is 6.38. The third kappa shape index (κ3) is 7.35. The predicted octanol–water partition coefficient (Wildman–Crippen LogP) is 1.55. The predicted molar refractivity (Wildman–Crippen MR) is 82.8 cm³/mol. The van der Waals surface area contributed by atoms with Crippen LogP contribution < -0.4 is 16.4 Å². The van der Waals surface area contributed by atoms with E-state index in [1.165, 1.54) is 12.8 Å². The summed E-state index contributed by atoms with van der Waals surface area (Å²) >= 11 is 5.13. The molecule has 0 aliphatic carbocycles. The number of nitrogens with zero attached hydrogens (tertiary/aromatic N) is 2. The van der Waals surface area contributed by atoms with Crippen LogP contribution in [0.1, 0.15) is 31.7 Å². The van der Waals surface area contributed by atoms with E-state index < -0.39 is 0 Å². The fourth-order valence-corrected chi connectivity index (χ4v) is 1.62. The van der Waals surface area contributed by atoms with Crippen LogP contribution in [-0.2, 0) is 6.54 Å². The molecule has 1 aromatic heterocycles. The lowest BCUT2D eigenvalue weighted by atomic mass is 10.2. The fourth-order valence-electron chi connectivity index (χ4n) is 1.45. The molecular weight excluding hydrogens is 258 g/mol. The van der Waals surface area contributed by atoms with Crippen LogP contribution in [0.15, 0.2) is 29.5 Å². The van der Waals surface area contributed by atoms with E-state index >= 15 is 0 Å². The smallest absolute Gasteiger partial charge is 0.194 e. The third-order valence-corrected chi connectivity index (χ3v) is 2.71. The van der Waals surface area contributed by atoms with Crippen molar-refractivity contribution in [3.8, 4) is 0 Å². The number of rotatable bonds is 6. The minimum Gasteiger partial charge on any atom is -0.370 e. The van der Waals surface area contributed by atoms with Crippen molar-refractivity contribution in [1.29, 1.82) is 0 Å². The van der Waals surface area contributed by atoms with E-state index in [2.05, 4.69) is 27.5 Å². The molecule has 0 aliphatic heterocycles. The zero-order chi connectivity index (χ0) is 13.9. The number of thiocarbonyl (C=S) groups is 1. The van der Waals surface area contributed by atoms with Crippen molar-refractivity contribution in [2.75, 3.05) is 6.54 Å². The van der Waals surface area contributed by atoms with E-state index in [-0.39, 0.29) is 0 Å². The molecule has 0 bridgehead atoms. The Morgan fingerprint density at radius 1 is 1.47 bits per heavy atom. The minimum atomic E-state index is 0.361. The highest BCUT2D eigenvalue weighted by molar-refractivity contribution is 7.80. The molecule has 5 nitrogen and oxygen atoms in total. The lowest BCUT2D eigenvalue weighted by Crippen LogP contribution is -2.43. The highest BCUT2D eigenvalue weighted by Gasteiger charge is 1.98. The summed E-state index contributed by atoms with van der Waals surface area (Å²) in [6, 6.07) is 3.86. The van der Waals surface area contributed by atoms with E-state index in [4.69, 9.17) is 18.0 Å². The molecule has 0 saturated carbocycles. The standard InChI is InChI=1S/C13H21N5S/c1-2-3-4-8-16-12(14)18-13(19)17-10-11-6-5-7-15-9-11/h5-7,9H,2-4,8,10H2,1H3,(H4,14,16,17,18,19). The topological polar surface area (TPSA) is 75.3 Å². The molecule has 6 heteroatoms. The van der Waals surface area contributed by atoms with Gasteiger partial charge in [0.15, 0.2) is 11.1 Å². The summed E-state index contributed by atoms with van der Waals surface area (Å²) in [5.74, 6) is 0.361. The number of aromatic nitrogens is 1. The van der Waals surface area contributed by atoms with E-state index in [0.717, 1.165) is 18.5 Å². The summed E-state index contributed by atoms with van der Waals surface area (Å²) in [7, 11) is 0. The number of hydrogen-bond donors (Lipinski definition) is 3. The van der Waals surface area contributed by atoms with Crippen LogP contribution >= 0.6 is 12.2 Å². The Kier molecular flexibility index (Phi) is 7.50. The maximum atomic E-state index is 5.72. The van der Waals surface area contributed by atoms with Crippen LogP contribution in [-0.4, -0.2) is 22.6 Å². The molecule has 0 atom stereocenters. The van der Waals surface area contributed by atoms with Crippen LogP contribution in [0.3, 0.4) is 0 Å². The summed E-state index contributed by atoms with van der Waals surface area (Å²) in [4.78, 5) is 8.23.